The highest BCUT2D eigenvalue weighted by Crippen LogP contribution is 2.34. The van der Waals surface area contributed by atoms with Crippen molar-refractivity contribution in [3.63, 3.8) is 0 Å². The number of rotatable bonds is 3. The summed E-state index contributed by atoms with van der Waals surface area (Å²) in [5.41, 5.74) is 0.746. The predicted octanol–water partition coefficient (Wildman–Crippen LogP) is 1.80. The minimum atomic E-state index is -0.137. The lowest BCUT2D eigenvalue weighted by Crippen LogP contribution is -2.47. The van der Waals surface area contributed by atoms with Crippen LogP contribution in [0.2, 0.25) is 0 Å². The van der Waals surface area contributed by atoms with Gasteiger partial charge in [0.15, 0.2) is 0 Å². The molecular formula is C15H20FNO2. The number of aliphatic hydroxyl groups excluding tert-OH is 1. The Hall–Kier alpha value is -0.970. The maximum absolute atomic E-state index is 13.7. The maximum Gasteiger partial charge on any atom is 0.127 e. The quantitative estimate of drug-likeness (QED) is 0.904. The van der Waals surface area contributed by atoms with Gasteiger partial charge in [0.2, 0.25) is 0 Å². The molecule has 0 aromatic heterocycles. The highest BCUT2D eigenvalue weighted by molar-refractivity contribution is 5.17. The summed E-state index contributed by atoms with van der Waals surface area (Å²) in [6.07, 6.45) is 2.09. The third kappa shape index (κ3) is 2.66. The van der Waals surface area contributed by atoms with Gasteiger partial charge in [-0.25, -0.2) is 4.39 Å². The van der Waals surface area contributed by atoms with Gasteiger partial charge in [0.1, 0.15) is 5.82 Å². The van der Waals surface area contributed by atoms with Gasteiger partial charge in [-0.15, -0.1) is 0 Å². The minimum absolute atomic E-state index is 0.137. The van der Waals surface area contributed by atoms with E-state index in [1.165, 1.54) is 6.07 Å². The van der Waals surface area contributed by atoms with Gasteiger partial charge in [-0.2, -0.15) is 0 Å². The third-order valence-corrected chi connectivity index (χ3v) is 4.34. The van der Waals surface area contributed by atoms with Gasteiger partial charge in [-0.05, 0) is 24.8 Å². The Morgan fingerprint density at radius 3 is 2.95 bits per heavy atom. The zero-order valence-electron chi connectivity index (χ0n) is 11.0. The summed E-state index contributed by atoms with van der Waals surface area (Å²) >= 11 is 0. The van der Waals surface area contributed by atoms with E-state index in [-0.39, 0.29) is 18.5 Å². The normalized spacial score (nSPS) is 31.4. The van der Waals surface area contributed by atoms with E-state index in [1.54, 1.807) is 6.07 Å². The Bertz CT molecular complexity index is 440. The molecule has 0 bridgehead atoms. The molecule has 1 N–H and O–H groups in total. The molecule has 104 valence electrons. The number of aliphatic hydroxyl groups is 1. The lowest BCUT2D eigenvalue weighted by atomic mass is 10.1. The van der Waals surface area contributed by atoms with E-state index in [2.05, 4.69) is 4.90 Å². The summed E-state index contributed by atoms with van der Waals surface area (Å²) in [6.45, 7) is 2.40. The average molecular weight is 265 g/mol. The van der Waals surface area contributed by atoms with Crippen LogP contribution in [0.25, 0.3) is 0 Å². The zero-order valence-corrected chi connectivity index (χ0v) is 11.0. The topological polar surface area (TPSA) is 32.7 Å². The van der Waals surface area contributed by atoms with E-state index >= 15 is 0 Å². The fraction of sp³-hybridized carbons (Fsp3) is 0.600. The van der Waals surface area contributed by atoms with E-state index in [0.29, 0.717) is 25.1 Å². The van der Waals surface area contributed by atoms with E-state index in [4.69, 9.17) is 4.74 Å². The van der Waals surface area contributed by atoms with Crippen molar-refractivity contribution in [3.05, 3.63) is 35.6 Å². The van der Waals surface area contributed by atoms with Crippen LogP contribution in [0.15, 0.2) is 24.3 Å². The van der Waals surface area contributed by atoms with Crippen LogP contribution in [0.3, 0.4) is 0 Å². The van der Waals surface area contributed by atoms with Gasteiger partial charge in [-0.1, -0.05) is 18.2 Å². The maximum atomic E-state index is 13.7. The van der Waals surface area contributed by atoms with E-state index in [0.717, 1.165) is 24.9 Å². The molecule has 0 spiro atoms. The Kier molecular flexibility index (Phi) is 3.82. The number of benzene rings is 1. The number of nitrogens with zero attached hydrogens (tertiary/aromatic N) is 1. The van der Waals surface area contributed by atoms with Crippen LogP contribution in [0.4, 0.5) is 4.39 Å². The van der Waals surface area contributed by atoms with Crippen molar-refractivity contribution < 1.29 is 14.2 Å². The monoisotopic (exact) mass is 265 g/mol. The molecule has 1 aliphatic heterocycles. The average Bonchev–Trinajstić information content (AvgIpc) is 2.85. The number of hydrogen-bond donors (Lipinski definition) is 1. The molecule has 19 heavy (non-hydrogen) atoms. The van der Waals surface area contributed by atoms with Crippen LogP contribution in [0.1, 0.15) is 18.4 Å². The van der Waals surface area contributed by atoms with Crippen molar-refractivity contribution in [2.24, 2.45) is 5.92 Å². The fourth-order valence-electron chi connectivity index (χ4n) is 3.32. The van der Waals surface area contributed by atoms with E-state index in [1.807, 2.05) is 12.1 Å². The number of halogens is 1. The van der Waals surface area contributed by atoms with Crippen molar-refractivity contribution in [1.82, 2.24) is 4.90 Å². The second kappa shape index (κ2) is 5.57. The summed E-state index contributed by atoms with van der Waals surface area (Å²) in [4.78, 5) is 2.31. The molecule has 3 rings (SSSR count). The molecule has 1 aromatic carbocycles. The number of hydrogen-bond acceptors (Lipinski definition) is 3. The molecule has 0 radical (unpaired) electrons. The Labute approximate surface area is 113 Å². The highest BCUT2D eigenvalue weighted by atomic mass is 19.1. The van der Waals surface area contributed by atoms with Crippen LogP contribution in [0, 0.1) is 11.7 Å². The highest BCUT2D eigenvalue weighted by Gasteiger charge is 2.40. The Morgan fingerprint density at radius 1 is 1.32 bits per heavy atom. The molecule has 1 saturated heterocycles. The van der Waals surface area contributed by atoms with Crippen molar-refractivity contribution in [2.45, 2.75) is 31.5 Å². The van der Waals surface area contributed by atoms with Crippen molar-refractivity contribution >= 4 is 0 Å². The van der Waals surface area contributed by atoms with E-state index < -0.39 is 0 Å². The molecule has 1 heterocycles. The molecule has 0 unspecified atom stereocenters. The summed E-state index contributed by atoms with van der Waals surface area (Å²) in [5, 5.41) is 9.30. The van der Waals surface area contributed by atoms with Gasteiger partial charge in [-0.3, -0.25) is 4.90 Å². The third-order valence-electron chi connectivity index (χ3n) is 4.34. The minimum Gasteiger partial charge on any atom is -0.396 e. The first kappa shape index (κ1) is 13.0. The number of fused-ring (bicyclic) bond motifs is 1. The molecule has 3 atom stereocenters. The second-order valence-corrected chi connectivity index (χ2v) is 5.56. The molecular weight excluding hydrogens is 245 g/mol. The van der Waals surface area contributed by atoms with Crippen molar-refractivity contribution in [1.29, 1.82) is 0 Å². The van der Waals surface area contributed by atoms with Crippen molar-refractivity contribution in [3.8, 4) is 0 Å². The predicted molar refractivity (Wildman–Crippen MR) is 70.1 cm³/mol. The summed E-state index contributed by atoms with van der Waals surface area (Å²) < 4.78 is 19.5. The fourth-order valence-corrected chi connectivity index (χ4v) is 3.32. The van der Waals surface area contributed by atoms with Gasteiger partial charge < -0.3 is 9.84 Å². The standard InChI is InChI=1S/C15H20FNO2/c16-13-4-2-1-3-12(13)9-17-5-6-19-15-8-11(10-18)7-14(15)17/h1-4,11,14-15,18H,5-10H2/t11-,14+,15+/m1/s1. The lowest BCUT2D eigenvalue weighted by Gasteiger charge is -2.37. The van der Waals surface area contributed by atoms with Crippen LogP contribution in [0.5, 0.6) is 0 Å². The number of morpholine rings is 1. The summed E-state index contributed by atoms with van der Waals surface area (Å²) in [6, 6.07) is 7.28. The molecule has 3 nitrogen and oxygen atoms in total. The Morgan fingerprint density at radius 2 is 2.16 bits per heavy atom. The largest absolute Gasteiger partial charge is 0.396 e. The van der Waals surface area contributed by atoms with Gasteiger partial charge in [0, 0.05) is 31.3 Å². The smallest absolute Gasteiger partial charge is 0.127 e. The second-order valence-electron chi connectivity index (χ2n) is 5.56. The molecule has 1 aromatic rings. The summed E-state index contributed by atoms with van der Waals surface area (Å²) in [7, 11) is 0. The first-order valence-electron chi connectivity index (χ1n) is 6.98. The molecule has 2 aliphatic rings. The summed E-state index contributed by atoms with van der Waals surface area (Å²) in [5.74, 6) is 0.193. The zero-order chi connectivity index (χ0) is 13.2. The molecule has 2 fully saturated rings. The first-order valence-corrected chi connectivity index (χ1v) is 6.98. The molecule has 0 amide bonds. The van der Waals surface area contributed by atoms with Gasteiger partial charge in [0.05, 0.1) is 12.7 Å². The van der Waals surface area contributed by atoms with Crippen LogP contribution in [-0.2, 0) is 11.3 Å². The van der Waals surface area contributed by atoms with Crippen LogP contribution >= 0.6 is 0 Å². The Balaban J connectivity index is 1.72. The van der Waals surface area contributed by atoms with Gasteiger partial charge >= 0.3 is 0 Å². The molecule has 4 heteroatoms. The number of ether oxygens (including phenoxy) is 1. The van der Waals surface area contributed by atoms with Crippen LogP contribution in [-0.4, -0.2) is 41.9 Å². The molecule has 1 saturated carbocycles. The van der Waals surface area contributed by atoms with Gasteiger partial charge in [0.25, 0.3) is 0 Å². The first-order chi connectivity index (χ1) is 9.28. The lowest BCUT2D eigenvalue weighted by molar-refractivity contribution is -0.0593. The van der Waals surface area contributed by atoms with Crippen LogP contribution < -0.4 is 0 Å². The van der Waals surface area contributed by atoms with E-state index in [9.17, 15) is 9.50 Å². The SMILES string of the molecule is OC[C@H]1C[C@@H]2OCCN(Cc3ccccc3F)[C@H]2C1. The molecule has 1 aliphatic carbocycles. The van der Waals surface area contributed by atoms with Crippen molar-refractivity contribution in [2.75, 3.05) is 19.8 Å².